The topological polar surface area (TPSA) is 147 Å². The first kappa shape index (κ1) is 21.3. The third-order valence-electron chi connectivity index (χ3n) is 4.96. The zero-order chi connectivity index (χ0) is 19.1. The lowest BCUT2D eigenvalue weighted by Crippen LogP contribution is -2.51. The van der Waals surface area contributed by atoms with Crippen LogP contribution in [0.25, 0.3) is 0 Å². The number of amides is 1. The minimum atomic E-state index is -3.85. The zero-order valence-corrected chi connectivity index (χ0v) is 15.7. The number of likely N-dealkylation sites (tertiary alicyclic amines) is 1. The molecular formula is C17H24N2O7S. The predicted molar refractivity (Wildman–Crippen MR) is 95.5 cm³/mol. The fourth-order valence-corrected chi connectivity index (χ4v) is 5.25. The van der Waals surface area contributed by atoms with E-state index in [2.05, 4.69) is 0 Å². The molecule has 10 heteroatoms. The average Bonchev–Trinajstić information content (AvgIpc) is 3.21. The van der Waals surface area contributed by atoms with Crippen molar-refractivity contribution in [3.8, 4) is 0 Å². The maximum atomic E-state index is 12.9. The Balaban J connectivity index is 0.00000261. The molecule has 3 atom stereocenters. The molecule has 9 nitrogen and oxygen atoms in total. The Kier molecular flexibility index (Phi) is 6.25. The summed E-state index contributed by atoms with van der Waals surface area (Å²) in [5.74, 6) is -1.75. The minimum absolute atomic E-state index is 0. The minimum Gasteiger partial charge on any atom is -0.480 e. The summed E-state index contributed by atoms with van der Waals surface area (Å²) >= 11 is 0. The molecule has 0 bridgehead atoms. The Hall–Kier alpha value is -2.01. The van der Waals surface area contributed by atoms with Gasteiger partial charge in [-0.15, -0.1) is 0 Å². The van der Waals surface area contributed by atoms with Crippen LogP contribution in [0.3, 0.4) is 0 Å². The molecule has 0 unspecified atom stereocenters. The molecule has 2 saturated heterocycles. The molecule has 0 spiro atoms. The molecule has 1 aromatic rings. The van der Waals surface area contributed by atoms with Crippen LogP contribution in [-0.4, -0.2) is 76.5 Å². The third kappa shape index (κ3) is 3.98. The Labute approximate surface area is 157 Å². The van der Waals surface area contributed by atoms with Crippen molar-refractivity contribution in [2.75, 3.05) is 13.1 Å². The number of aliphatic hydroxyl groups is 1. The maximum absolute atomic E-state index is 12.9. The number of β-amino-alcohol motifs (C(OH)–C–C–N with tert-alkyl or cyclic N) is 1. The second kappa shape index (κ2) is 7.93. The summed E-state index contributed by atoms with van der Waals surface area (Å²) in [6, 6.07) is 4.33. The maximum Gasteiger partial charge on any atom is 0.326 e. The summed E-state index contributed by atoms with van der Waals surface area (Å²) in [6.45, 7) is 1.97. The average molecular weight is 400 g/mol. The molecule has 27 heavy (non-hydrogen) atoms. The van der Waals surface area contributed by atoms with Crippen molar-refractivity contribution in [3.63, 3.8) is 0 Å². The molecule has 2 aliphatic heterocycles. The highest BCUT2D eigenvalue weighted by atomic mass is 32.2. The molecule has 0 saturated carbocycles. The van der Waals surface area contributed by atoms with E-state index in [4.69, 9.17) is 0 Å². The van der Waals surface area contributed by atoms with Crippen LogP contribution in [0.15, 0.2) is 29.2 Å². The highest BCUT2D eigenvalue weighted by Gasteiger charge is 2.46. The van der Waals surface area contributed by atoms with Crippen molar-refractivity contribution in [1.82, 2.24) is 9.21 Å². The van der Waals surface area contributed by atoms with E-state index < -0.39 is 40.1 Å². The molecule has 0 radical (unpaired) electrons. The highest BCUT2D eigenvalue weighted by molar-refractivity contribution is 7.89. The lowest BCUT2D eigenvalue weighted by Gasteiger charge is -2.29. The van der Waals surface area contributed by atoms with Gasteiger partial charge in [0.1, 0.15) is 12.1 Å². The van der Waals surface area contributed by atoms with E-state index in [-0.39, 0.29) is 29.9 Å². The Morgan fingerprint density at radius 3 is 2.37 bits per heavy atom. The van der Waals surface area contributed by atoms with Crippen molar-refractivity contribution in [1.29, 1.82) is 0 Å². The van der Waals surface area contributed by atoms with Crippen LogP contribution in [-0.2, 0) is 19.6 Å². The monoisotopic (exact) mass is 400 g/mol. The van der Waals surface area contributed by atoms with Crippen LogP contribution < -0.4 is 0 Å². The van der Waals surface area contributed by atoms with E-state index in [0.29, 0.717) is 12.8 Å². The fraction of sp³-hybridized carbons (Fsp3) is 0.529. The third-order valence-corrected chi connectivity index (χ3v) is 6.89. The van der Waals surface area contributed by atoms with E-state index in [1.165, 1.54) is 12.1 Å². The Morgan fingerprint density at radius 2 is 1.78 bits per heavy atom. The molecule has 150 valence electrons. The second-order valence-electron chi connectivity index (χ2n) is 6.82. The molecule has 1 aromatic carbocycles. The summed E-state index contributed by atoms with van der Waals surface area (Å²) in [5.41, 5.74) is 0.924. The summed E-state index contributed by atoms with van der Waals surface area (Å²) in [4.78, 5) is 25.5. The first-order valence-corrected chi connectivity index (χ1v) is 9.95. The molecule has 3 rings (SSSR count). The molecule has 0 aromatic heterocycles. The summed E-state index contributed by atoms with van der Waals surface area (Å²) in [5, 5.41) is 19.0. The SMILES string of the molecule is Cc1ccc(S(=O)(=O)N2CCC[C@H]2C(=O)N2C[C@H](O)C[C@H]2C(=O)O)cc1.O. The van der Waals surface area contributed by atoms with Crippen molar-refractivity contribution in [2.45, 2.75) is 49.3 Å². The van der Waals surface area contributed by atoms with Gasteiger partial charge in [-0.3, -0.25) is 4.79 Å². The number of aliphatic carboxylic acids is 1. The van der Waals surface area contributed by atoms with Gasteiger partial charge in [-0.2, -0.15) is 4.31 Å². The zero-order valence-electron chi connectivity index (χ0n) is 14.9. The lowest BCUT2D eigenvalue weighted by atomic mass is 10.1. The Bertz CT molecular complexity index is 809. The van der Waals surface area contributed by atoms with Crippen LogP contribution in [0.1, 0.15) is 24.8 Å². The van der Waals surface area contributed by atoms with Gasteiger partial charge in [-0.25, -0.2) is 13.2 Å². The summed E-state index contributed by atoms with van der Waals surface area (Å²) in [7, 11) is -3.85. The van der Waals surface area contributed by atoms with Gasteiger partial charge < -0.3 is 20.6 Å². The van der Waals surface area contributed by atoms with Gasteiger partial charge in [0, 0.05) is 19.5 Å². The number of nitrogens with zero attached hydrogens (tertiary/aromatic N) is 2. The number of benzene rings is 1. The molecule has 2 heterocycles. The number of rotatable bonds is 4. The van der Waals surface area contributed by atoms with Gasteiger partial charge >= 0.3 is 5.97 Å². The second-order valence-corrected chi connectivity index (χ2v) is 8.71. The smallest absolute Gasteiger partial charge is 0.326 e. The predicted octanol–water partition coefficient (Wildman–Crippen LogP) is -0.630. The number of carboxylic acids is 1. The van der Waals surface area contributed by atoms with Crippen LogP contribution in [0, 0.1) is 6.92 Å². The standard InChI is InChI=1S/C17H22N2O6S.H2O/c1-11-4-6-13(7-5-11)26(24,25)19-8-2-3-14(19)16(21)18-10-12(20)9-15(18)17(22)23;/h4-7,12,14-15,20H,2-3,8-10H2,1H3,(H,22,23);1H2/t12-,14+,15+;/m1./s1. The number of hydrogen-bond acceptors (Lipinski definition) is 5. The first-order chi connectivity index (χ1) is 12.2. The van der Waals surface area contributed by atoms with Crippen LogP contribution in [0.5, 0.6) is 0 Å². The van der Waals surface area contributed by atoms with Crippen molar-refractivity contribution >= 4 is 21.9 Å². The van der Waals surface area contributed by atoms with Crippen LogP contribution >= 0.6 is 0 Å². The van der Waals surface area contributed by atoms with E-state index in [0.717, 1.165) is 14.8 Å². The van der Waals surface area contributed by atoms with Gasteiger partial charge in [0.15, 0.2) is 0 Å². The molecule has 2 fully saturated rings. The van der Waals surface area contributed by atoms with Gasteiger partial charge in [-0.05, 0) is 31.9 Å². The van der Waals surface area contributed by atoms with Gasteiger partial charge in [0.05, 0.1) is 11.0 Å². The lowest BCUT2D eigenvalue weighted by molar-refractivity contribution is -0.149. The quantitative estimate of drug-likeness (QED) is 0.688. The summed E-state index contributed by atoms with van der Waals surface area (Å²) < 4.78 is 27.0. The normalized spacial score (nSPS) is 26.0. The number of aliphatic hydroxyl groups excluding tert-OH is 1. The number of carbonyl (C=O) groups is 2. The number of hydrogen-bond donors (Lipinski definition) is 2. The first-order valence-electron chi connectivity index (χ1n) is 8.51. The van der Waals surface area contributed by atoms with Crippen molar-refractivity contribution in [3.05, 3.63) is 29.8 Å². The van der Waals surface area contributed by atoms with Crippen molar-refractivity contribution < 1.29 is 33.7 Å². The molecule has 0 aliphatic carbocycles. The number of sulfonamides is 1. The van der Waals surface area contributed by atoms with Gasteiger partial charge in [0.25, 0.3) is 0 Å². The molecular weight excluding hydrogens is 376 g/mol. The van der Waals surface area contributed by atoms with Crippen molar-refractivity contribution in [2.24, 2.45) is 0 Å². The molecule has 4 N–H and O–H groups in total. The number of carbonyl (C=O) groups excluding carboxylic acids is 1. The van der Waals surface area contributed by atoms with E-state index >= 15 is 0 Å². The molecule has 1 amide bonds. The highest BCUT2D eigenvalue weighted by Crippen LogP contribution is 2.30. The van der Waals surface area contributed by atoms with E-state index in [1.54, 1.807) is 12.1 Å². The number of aryl methyl sites for hydroxylation is 1. The number of carboxylic acid groups (broad SMARTS) is 1. The van der Waals surface area contributed by atoms with Gasteiger partial charge in [0.2, 0.25) is 15.9 Å². The van der Waals surface area contributed by atoms with Crippen LogP contribution in [0.2, 0.25) is 0 Å². The van der Waals surface area contributed by atoms with Gasteiger partial charge in [-0.1, -0.05) is 17.7 Å². The van der Waals surface area contributed by atoms with E-state index in [1.807, 2.05) is 6.92 Å². The molecule has 2 aliphatic rings. The summed E-state index contributed by atoms with van der Waals surface area (Å²) in [6.07, 6.45) is -0.0969. The van der Waals surface area contributed by atoms with Crippen LogP contribution in [0.4, 0.5) is 0 Å². The fourth-order valence-electron chi connectivity index (χ4n) is 3.60. The Morgan fingerprint density at radius 1 is 1.15 bits per heavy atom. The largest absolute Gasteiger partial charge is 0.480 e. The van der Waals surface area contributed by atoms with E-state index in [9.17, 15) is 28.2 Å².